The van der Waals surface area contributed by atoms with E-state index in [-0.39, 0.29) is 11.8 Å². The Morgan fingerprint density at radius 3 is 2.74 bits per heavy atom. The molecule has 4 rings (SSSR count). The van der Waals surface area contributed by atoms with E-state index in [1.54, 1.807) is 7.11 Å². The number of hydrogen-bond donors (Lipinski definition) is 1. The van der Waals surface area contributed by atoms with E-state index in [1.165, 1.54) is 28.3 Å². The minimum absolute atomic E-state index is 0.0646. The molecule has 3 aromatic rings. The molecule has 0 amide bonds. The molecule has 7 heteroatoms. The standard InChI is InChI=1S/C24H30N2O4S/c1-4-30-24-15-20-17(14-23(24)29-2)9-10-26(11-12-31(3,27)28)22(20)13-18-16-25-21-8-6-5-7-19(18)21/h5-8,14-16,22,25H,4,9-13H2,1-3H3/t22-/m1/s1. The molecule has 6 nitrogen and oxygen atoms in total. The van der Waals surface area contributed by atoms with Crippen molar-refractivity contribution in [1.82, 2.24) is 9.88 Å². The molecule has 1 aliphatic rings. The third-order valence-electron chi connectivity index (χ3n) is 6.03. The van der Waals surface area contributed by atoms with Crippen molar-refractivity contribution in [1.29, 1.82) is 0 Å². The number of hydrogen-bond acceptors (Lipinski definition) is 5. The molecule has 1 atom stereocenters. The lowest BCUT2D eigenvalue weighted by Crippen LogP contribution is -2.39. The van der Waals surface area contributed by atoms with Gasteiger partial charge in [0.1, 0.15) is 9.84 Å². The number of benzene rings is 2. The second kappa shape index (κ2) is 8.93. The van der Waals surface area contributed by atoms with Gasteiger partial charge in [0.25, 0.3) is 0 Å². The third kappa shape index (κ3) is 4.72. The van der Waals surface area contributed by atoms with E-state index in [0.717, 1.165) is 36.4 Å². The summed E-state index contributed by atoms with van der Waals surface area (Å²) in [5.41, 5.74) is 4.77. The highest BCUT2D eigenvalue weighted by atomic mass is 32.2. The average Bonchev–Trinajstić information content (AvgIpc) is 3.15. The fourth-order valence-electron chi connectivity index (χ4n) is 4.49. The van der Waals surface area contributed by atoms with Gasteiger partial charge >= 0.3 is 0 Å². The van der Waals surface area contributed by atoms with Crippen LogP contribution in [0.5, 0.6) is 11.5 Å². The number of H-pyrrole nitrogens is 1. The van der Waals surface area contributed by atoms with Gasteiger partial charge in [-0.3, -0.25) is 4.90 Å². The van der Waals surface area contributed by atoms with Crippen molar-refractivity contribution in [3.05, 3.63) is 59.3 Å². The molecule has 0 spiro atoms. The zero-order chi connectivity index (χ0) is 22.0. The second-order valence-electron chi connectivity index (χ2n) is 8.13. The Labute approximate surface area is 184 Å². The van der Waals surface area contributed by atoms with Gasteiger partial charge in [-0.05, 0) is 54.7 Å². The molecule has 2 heterocycles. The Morgan fingerprint density at radius 1 is 1.19 bits per heavy atom. The van der Waals surface area contributed by atoms with Gasteiger partial charge in [0, 0.05) is 42.5 Å². The van der Waals surface area contributed by atoms with Crippen molar-refractivity contribution in [3.8, 4) is 11.5 Å². The quantitative estimate of drug-likeness (QED) is 0.575. The smallest absolute Gasteiger partial charge is 0.161 e. The van der Waals surface area contributed by atoms with Crippen LogP contribution in [0.1, 0.15) is 29.7 Å². The molecular weight excluding hydrogens is 412 g/mol. The van der Waals surface area contributed by atoms with Gasteiger partial charge in [0.15, 0.2) is 11.5 Å². The number of nitrogens with one attached hydrogen (secondary N) is 1. The van der Waals surface area contributed by atoms with Gasteiger partial charge in [-0.15, -0.1) is 0 Å². The van der Waals surface area contributed by atoms with E-state index >= 15 is 0 Å². The lowest BCUT2D eigenvalue weighted by molar-refractivity contribution is 0.194. The Bertz CT molecular complexity index is 1170. The van der Waals surface area contributed by atoms with Crippen molar-refractivity contribution < 1.29 is 17.9 Å². The Morgan fingerprint density at radius 2 is 2.00 bits per heavy atom. The first-order chi connectivity index (χ1) is 14.9. The second-order valence-corrected chi connectivity index (χ2v) is 10.4. The summed E-state index contributed by atoms with van der Waals surface area (Å²) in [6, 6.07) is 12.5. The Hall–Kier alpha value is -2.51. The van der Waals surface area contributed by atoms with Crippen LogP contribution >= 0.6 is 0 Å². The van der Waals surface area contributed by atoms with E-state index in [0.29, 0.717) is 13.2 Å². The number of sulfone groups is 1. The number of fused-ring (bicyclic) bond motifs is 2. The van der Waals surface area contributed by atoms with Crippen LogP contribution in [0.15, 0.2) is 42.6 Å². The van der Waals surface area contributed by atoms with Crippen LogP contribution in [0, 0.1) is 0 Å². The number of methoxy groups -OCH3 is 1. The molecule has 1 N–H and O–H groups in total. The van der Waals surface area contributed by atoms with Crippen LogP contribution in [0.4, 0.5) is 0 Å². The van der Waals surface area contributed by atoms with Gasteiger partial charge in [-0.2, -0.15) is 0 Å². The van der Waals surface area contributed by atoms with E-state index in [2.05, 4.69) is 40.3 Å². The molecule has 166 valence electrons. The summed E-state index contributed by atoms with van der Waals surface area (Å²) in [4.78, 5) is 5.66. The number of aromatic nitrogens is 1. The zero-order valence-electron chi connectivity index (χ0n) is 18.3. The predicted molar refractivity (Wildman–Crippen MR) is 124 cm³/mol. The fourth-order valence-corrected chi connectivity index (χ4v) is 5.05. The molecule has 0 fully saturated rings. The molecule has 2 aromatic carbocycles. The van der Waals surface area contributed by atoms with Crippen molar-refractivity contribution in [2.75, 3.05) is 38.8 Å². The van der Waals surface area contributed by atoms with Gasteiger partial charge in [0.2, 0.25) is 0 Å². The van der Waals surface area contributed by atoms with Crippen LogP contribution < -0.4 is 9.47 Å². The largest absolute Gasteiger partial charge is 0.493 e. The molecule has 1 aliphatic heterocycles. The number of aromatic amines is 1. The highest BCUT2D eigenvalue weighted by Gasteiger charge is 2.30. The maximum atomic E-state index is 11.9. The average molecular weight is 443 g/mol. The minimum atomic E-state index is -3.04. The van der Waals surface area contributed by atoms with Crippen LogP contribution in [0.3, 0.4) is 0 Å². The molecule has 0 aliphatic carbocycles. The van der Waals surface area contributed by atoms with Crippen LogP contribution in [0.25, 0.3) is 10.9 Å². The van der Waals surface area contributed by atoms with E-state index in [4.69, 9.17) is 9.47 Å². The van der Waals surface area contributed by atoms with Gasteiger partial charge in [-0.25, -0.2) is 8.42 Å². The first-order valence-electron chi connectivity index (χ1n) is 10.7. The topological polar surface area (TPSA) is 71.6 Å². The van der Waals surface area contributed by atoms with E-state index in [1.807, 2.05) is 19.1 Å². The summed E-state index contributed by atoms with van der Waals surface area (Å²) in [6.45, 7) is 3.84. The molecule has 0 saturated carbocycles. The summed E-state index contributed by atoms with van der Waals surface area (Å²) in [5, 5.41) is 1.20. The summed E-state index contributed by atoms with van der Waals surface area (Å²) >= 11 is 0. The third-order valence-corrected chi connectivity index (χ3v) is 6.96. The predicted octanol–water partition coefficient (Wildman–Crippen LogP) is 3.76. The number of ether oxygens (including phenoxy) is 2. The lowest BCUT2D eigenvalue weighted by Gasteiger charge is -2.38. The summed E-state index contributed by atoms with van der Waals surface area (Å²) in [5.74, 6) is 1.63. The molecule has 0 radical (unpaired) electrons. The van der Waals surface area contributed by atoms with Crippen LogP contribution in [-0.4, -0.2) is 57.1 Å². The van der Waals surface area contributed by atoms with Crippen LogP contribution in [-0.2, 0) is 22.7 Å². The van der Waals surface area contributed by atoms with Gasteiger partial charge in [0.05, 0.1) is 19.5 Å². The molecular formula is C24H30N2O4S. The molecule has 0 unspecified atom stereocenters. The van der Waals surface area contributed by atoms with Crippen molar-refractivity contribution in [3.63, 3.8) is 0 Å². The highest BCUT2D eigenvalue weighted by molar-refractivity contribution is 7.90. The Kier molecular flexibility index (Phi) is 6.25. The van der Waals surface area contributed by atoms with E-state index in [9.17, 15) is 8.42 Å². The maximum Gasteiger partial charge on any atom is 0.161 e. The molecule has 31 heavy (non-hydrogen) atoms. The first-order valence-corrected chi connectivity index (χ1v) is 12.8. The van der Waals surface area contributed by atoms with Crippen LogP contribution in [0.2, 0.25) is 0 Å². The molecule has 0 bridgehead atoms. The minimum Gasteiger partial charge on any atom is -0.493 e. The first kappa shape index (κ1) is 21.7. The number of nitrogens with zero attached hydrogens (tertiary/aromatic N) is 1. The zero-order valence-corrected chi connectivity index (χ0v) is 19.2. The van der Waals surface area contributed by atoms with E-state index < -0.39 is 9.84 Å². The fraction of sp³-hybridized carbons (Fsp3) is 0.417. The maximum absolute atomic E-state index is 11.9. The van der Waals surface area contributed by atoms with Gasteiger partial charge in [-0.1, -0.05) is 18.2 Å². The number of rotatable bonds is 8. The summed E-state index contributed by atoms with van der Waals surface area (Å²) < 4.78 is 35.2. The molecule has 0 saturated heterocycles. The summed E-state index contributed by atoms with van der Waals surface area (Å²) in [7, 11) is -1.38. The van der Waals surface area contributed by atoms with Crippen molar-refractivity contribution >= 4 is 20.7 Å². The monoisotopic (exact) mass is 442 g/mol. The van der Waals surface area contributed by atoms with Crippen molar-refractivity contribution in [2.45, 2.75) is 25.8 Å². The SMILES string of the molecule is CCOc1cc2c(cc1OC)CCN(CCS(C)(=O)=O)[C@@H]2Cc1c[nH]c2ccccc12. The molecule has 1 aromatic heterocycles. The van der Waals surface area contributed by atoms with Gasteiger partial charge < -0.3 is 14.5 Å². The number of para-hydroxylation sites is 1. The van der Waals surface area contributed by atoms with Crippen molar-refractivity contribution in [2.24, 2.45) is 0 Å². The lowest BCUT2D eigenvalue weighted by atomic mass is 9.88. The normalized spacial score (nSPS) is 16.9. The Balaban J connectivity index is 1.75. The highest BCUT2D eigenvalue weighted by Crippen LogP contribution is 2.40. The summed E-state index contributed by atoms with van der Waals surface area (Å²) in [6.07, 6.45) is 5.02.